The lowest BCUT2D eigenvalue weighted by molar-refractivity contribution is 0.0993. The third-order valence-corrected chi connectivity index (χ3v) is 5.01. The molecule has 0 saturated heterocycles. The Balaban J connectivity index is 1.67. The predicted molar refractivity (Wildman–Crippen MR) is 109 cm³/mol. The highest BCUT2D eigenvalue weighted by Gasteiger charge is 2.18. The Morgan fingerprint density at radius 3 is 2.44 bits per heavy atom. The molecule has 0 radical (unpaired) electrons. The Labute approximate surface area is 158 Å². The number of carbonyl (C=O) groups is 1. The Hall–Kier alpha value is -3.40. The number of anilines is 1. The van der Waals surface area contributed by atoms with Crippen molar-refractivity contribution in [1.29, 1.82) is 0 Å². The van der Waals surface area contributed by atoms with Crippen molar-refractivity contribution in [3.8, 4) is 11.1 Å². The summed E-state index contributed by atoms with van der Waals surface area (Å²) in [6.07, 6.45) is 6.56. The first kappa shape index (κ1) is 17.0. The number of aryl methyl sites for hydroxylation is 1. The van der Waals surface area contributed by atoms with Crippen molar-refractivity contribution in [3.63, 3.8) is 0 Å². The van der Waals surface area contributed by atoms with Crippen molar-refractivity contribution in [2.75, 3.05) is 11.9 Å². The zero-order chi connectivity index (χ0) is 19.0. The molecule has 1 aliphatic carbocycles. The fraction of sp³-hybridized carbons (Fsp3) is 0.130. The molecule has 1 heterocycles. The van der Waals surface area contributed by atoms with Gasteiger partial charge < -0.3 is 9.47 Å². The molecule has 4 nitrogen and oxygen atoms in total. The molecule has 27 heavy (non-hydrogen) atoms. The molecule has 4 heteroatoms. The largest absolute Gasteiger partial charge is 0.318 e. The first-order valence-electron chi connectivity index (χ1n) is 8.89. The summed E-state index contributed by atoms with van der Waals surface area (Å²) in [6.45, 7) is 0. The van der Waals surface area contributed by atoms with E-state index < -0.39 is 0 Å². The molecule has 0 unspecified atom stereocenters. The quantitative estimate of drug-likeness (QED) is 0.714. The van der Waals surface area contributed by atoms with Crippen molar-refractivity contribution in [2.24, 2.45) is 7.05 Å². The van der Waals surface area contributed by atoms with Crippen molar-refractivity contribution >= 4 is 17.7 Å². The van der Waals surface area contributed by atoms with E-state index in [2.05, 4.69) is 0 Å². The van der Waals surface area contributed by atoms with E-state index in [1.807, 2.05) is 72.9 Å². The summed E-state index contributed by atoms with van der Waals surface area (Å²) in [5, 5.41) is 0. The van der Waals surface area contributed by atoms with E-state index in [1.165, 1.54) is 0 Å². The van der Waals surface area contributed by atoms with Gasteiger partial charge in [-0.05, 0) is 41.8 Å². The molecule has 1 amide bonds. The highest BCUT2D eigenvalue weighted by Crippen LogP contribution is 2.29. The van der Waals surface area contributed by atoms with Gasteiger partial charge in [-0.25, -0.2) is 0 Å². The van der Waals surface area contributed by atoms with Crippen LogP contribution in [0.2, 0.25) is 0 Å². The van der Waals surface area contributed by atoms with Crippen LogP contribution in [0.3, 0.4) is 0 Å². The Kier molecular flexibility index (Phi) is 4.24. The summed E-state index contributed by atoms with van der Waals surface area (Å²) in [5.74, 6) is -0.0571. The molecule has 4 rings (SSSR count). The number of fused-ring (bicyclic) bond motifs is 1. The maximum Gasteiger partial charge on any atom is 0.258 e. The zero-order valence-corrected chi connectivity index (χ0v) is 15.3. The predicted octanol–water partition coefficient (Wildman–Crippen LogP) is 3.90. The highest BCUT2D eigenvalue weighted by molar-refractivity contribution is 6.06. The lowest BCUT2D eigenvalue weighted by Gasteiger charge is -2.17. The molecule has 0 atom stereocenters. The van der Waals surface area contributed by atoms with E-state index in [9.17, 15) is 9.59 Å². The summed E-state index contributed by atoms with van der Waals surface area (Å²) < 4.78 is 1.63. The summed E-state index contributed by atoms with van der Waals surface area (Å²) >= 11 is 0. The fourth-order valence-corrected chi connectivity index (χ4v) is 3.48. The number of hydrogen-bond acceptors (Lipinski definition) is 2. The van der Waals surface area contributed by atoms with Crippen LogP contribution in [0.1, 0.15) is 21.5 Å². The van der Waals surface area contributed by atoms with Gasteiger partial charge in [0.15, 0.2) is 0 Å². The van der Waals surface area contributed by atoms with Crippen LogP contribution < -0.4 is 10.5 Å². The van der Waals surface area contributed by atoms with Gasteiger partial charge in [-0.2, -0.15) is 0 Å². The Morgan fingerprint density at radius 1 is 1.04 bits per heavy atom. The smallest absolute Gasteiger partial charge is 0.258 e. The molecule has 134 valence electrons. The molecule has 0 N–H and O–H groups in total. The second kappa shape index (κ2) is 6.72. The number of hydrogen-bond donors (Lipinski definition) is 0. The van der Waals surface area contributed by atoms with Gasteiger partial charge in [0.1, 0.15) is 0 Å². The SMILES string of the molecule is CN(C(=O)c1ccc(-c2cn(C)c(=O)c3c2C=CC3)cc1)c1ccccc1. The van der Waals surface area contributed by atoms with Gasteiger partial charge in [0.25, 0.3) is 11.5 Å². The van der Waals surface area contributed by atoms with E-state index in [-0.39, 0.29) is 11.5 Å². The van der Waals surface area contributed by atoms with E-state index in [1.54, 1.807) is 23.6 Å². The highest BCUT2D eigenvalue weighted by atomic mass is 16.2. The van der Waals surface area contributed by atoms with Crippen molar-refractivity contribution < 1.29 is 4.79 Å². The second-order valence-corrected chi connectivity index (χ2v) is 6.73. The molecule has 0 saturated carbocycles. The summed E-state index contributed by atoms with van der Waals surface area (Å²) in [5.41, 5.74) is 5.35. The molecular formula is C23H20N2O2. The molecule has 3 aromatic rings. The van der Waals surface area contributed by atoms with Crippen LogP contribution in [0.25, 0.3) is 17.2 Å². The van der Waals surface area contributed by atoms with Crippen LogP contribution in [0.5, 0.6) is 0 Å². The van der Waals surface area contributed by atoms with E-state index in [0.29, 0.717) is 12.0 Å². The number of nitrogens with zero attached hydrogens (tertiary/aromatic N) is 2. The van der Waals surface area contributed by atoms with Gasteiger partial charge in [-0.15, -0.1) is 0 Å². The van der Waals surface area contributed by atoms with Gasteiger partial charge in [0.2, 0.25) is 0 Å². The number of pyridine rings is 1. The number of carbonyl (C=O) groups excluding carboxylic acids is 1. The first-order chi connectivity index (χ1) is 13.1. The van der Waals surface area contributed by atoms with E-state index in [0.717, 1.165) is 27.9 Å². The van der Waals surface area contributed by atoms with E-state index in [4.69, 9.17) is 0 Å². The lowest BCUT2D eigenvalue weighted by Crippen LogP contribution is -2.26. The standard InChI is InChI=1S/C23H20N2O2/c1-24-15-21(19-9-6-10-20(19)23(24)27)16-11-13-17(14-12-16)22(26)25(2)18-7-4-3-5-8-18/h3-9,11-15H,10H2,1-2H3. The number of aromatic nitrogens is 1. The third-order valence-electron chi connectivity index (χ3n) is 5.01. The number of rotatable bonds is 3. The van der Waals surface area contributed by atoms with Crippen LogP contribution in [-0.4, -0.2) is 17.5 Å². The minimum atomic E-state index is -0.0571. The average molecular weight is 356 g/mol. The van der Waals surface area contributed by atoms with Crippen molar-refractivity contribution in [3.05, 3.63) is 93.9 Å². The zero-order valence-electron chi connectivity index (χ0n) is 15.3. The Bertz CT molecular complexity index is 1090. The molecule has 1 aromatic heterocycles. The average Bonchev–Trinajstić information content (AvgIpc) is 3.20. The minimum absolute atomic E-state index is 0.0510. The van der Waals surface area contributed by atoms with Crippen molar-refractivity contribution in [1.82, 2.24) is 4.57 Å². The van der Waals surface area contributed by atoms with Gasteiger partial charge in [0, 0.05) is 42.7 Å². The van der Waals surface area contributed by atoms with Gasteiger partial charge in [0.05, 0.1) is 0 Å². The number of amides is 1. The first-order valence-corrected chi connectivity index (χ1v) is 8.89. The molecule has 0 bridgehead atoms. The summed E-state index contributed by atoms with van der Waals surface area (Å²) in [4.78, 5) is 26.7. The van der Waals surface area contributed by atoms with Crippen LogP contribution >= 0.6 is 0 Å². The number of benzene rings is 2. The molecule has 0 aliphatic heterocycles. The molecule has 0 spiro atoms. The van der Waals surface area contributed by atoms with Crippen LogP contribution in [-0.2, 0) is 13.5 Å². The van der Waals surface area contributed by atoms with Gasteiger partial charge in [-0.1, -0.05) is 42.5 Å². The maximum absolute atomic E-state index is 12.7. The Morgan fingerprint density at radius 2 is 1.74 bits per heavy atom. The number of allylic oxidation sites excluding steroid dienone is 1. The van der Waals surface area contributed by atoms with Gasteiger partial charge >= 0.3 is 0 Å². The van der Waals surface area contributed by atoms with Crippen molar-refractivity contribution in [2.45, 2.75) is 6.42 Å². The van der Waals surface area contributed by atoms with Crippen LogP contribution in [0, 0.1) is 0 Å². The minimum Gasteiger partial charge on any atom is -0.318 e. The van der Waals surface area contributed by atoms with Crippen LogP contribution in [0.15, 0.2) is 71.7 Å². The topological polar surface area (TPSA) is 42.3 Å². The molecular weight excluding hydrogens is 336 g/mol. The maximum atomic E-state index is 12.7. The van der Waals surface area contributed by atoms with E-state index >= 15 is 0 Å². The molecule has 0 fully saturated rings. The van der Waals surface area contributed by atoms with Gasteiger partial charge in [-0.3, -0.25) is 9.59 Å². The lowest BCUT2D eigenvalue weighted by atomic mass is 9.98. The summed E-state index contributed by atoms with van der Waals surface area (Å²) in [7, 11) is 3.55. The monoisotopic (exact) mass is 356 g/mol. The molecule has 1 aliphatic rings. The van der Waals surface area contributed by atoms with Crippen LogP contribution in [0.4, 0.5) is 5.69 Å². The fourth-order valence-electron chi connectivity index (χ4n) is 3.48. The second-order valence-electron chi connectivity index (χ2n) is 6.73. The normalized spacial score (nSPS) is 12.1. The molecule has 2 aromatic carbocycles. The number of para-hydroxylation sites is 1. The third kappa shape index (κ3) is 2.99. The summed E-state index contributed by atoms with van der Waals surface area (Å²) in [6, 6.07) is 17.1.